The standard InChI is InChI=1S/C15H13Br2NO2/c16-12-3-1-10(2-4-12)8-18-15(20)14-6-5-13(17)7-11(14)9-19/h1-7,19H,8-9H2,(H,18,20). The number of carbonyl (C=O) groups excluding carboxylic acids is 1. The van der Waals surface area contributed by atoms with Crippen LogP contribution in [0.25, 0.3) is 0 Å². The van der Waals surface area contributed by atoms with Crippen LogP contribution < -0.4 is 5.32 Å². The second-order valence-corrected chi connectivity index (χ2v) is 6.10. The normalized spacial score (nSPS) is 10.3. The molecule has 2 rings (SSSR count). The number of nitrogens with one attached hydrogen (secondary N) is 1. The summed E-state index contributed by atoms with van der Waals surface area (Å²) in [6.07, 6.45) is 0. The van der Waals surface area contributed by atoms with Crippen molar-refractivity contribution in [3.63, 3.8) is 0 Å². The molecule has 104 valence electrons. The Labute approximate surface area is 134 Å². The van der Waals surface area contributed by atoms with Gasteiger partial charge in [0.1, 0.15) is 0 Å². The number of hydrogen-bond acceptors (Lipinski definition) is 2. The van der Waals surface area contributed by atoms with Gasteiger partial charge < -0.3 is 10.4 Å². The van der Waals surface area contributed by atoms with E-state index in [9.17, 15) is 9.90 Å². The second-order valence-electron chi connectivity index (χ2n) is 4.27. The summed E-state index contributed by atoms with van der Waals surface area (Å²) in [5.41, 5.74) is 2.12. The molecule has 3 nitrogen and oxygen atoms in total. The van der Waals surface area contributed by atoms with E-state index in [-0.39, 0.29) is 12.5 Å². The molecule has 0 saturated heterocycles. The van der Waals surface area contributed by atoms with E-state index in [4.69, 9.17) is 0 Å². The first-order chi connectivity index (χ1) is 9.60. The molecule has 20 heavy (non-hydrogen) atoms. The minimum Gasteiger partial charge on any atom is -0.392 e. The van der Waals surface area contributed by atoms with Crippen molar-refractivity contribution in [3.05, 3.63) is 68.1 Å². The molecule has 0 bridgehead atoms. The third-order valence-electron chi connectivity index (χ3n) is 2.85. The third-order valence-corrected chi connectivity index (χ3v) is 3.87. The maximum Gasteiger partial charge on any atom is 0.251 e. The van der Waals surface area contributed by atoms with Crippen molar-refractivity contribution in [3.8, 4) is 0 Å². The van der Waals surface area contributed by atoms with Crippen LogP contribution in [0.3, 0.4) is 0 Å². The van der Waals surface area contributed by atoms with Gasteiger partial charge >= 0.3 is 0 Å². The quantitative estimate of drug-likeness (QED) is 0.825. The van der Waals surface area contributed by atoms with Gasteiger partial charge in [0.05, 0.1) is 6.61 Å². The summed E-state index contributed by atoms with van der Waals surface area (Å²) in [6, 6.07) is 13.0. The minimum atomic E-state index is -0.190. The van der Waals surface area contributed by atoms with Gasteiger partial charge in [0.2, 0.25) is 0 Å². The van der Waals surface area contributed by atoms with E-state index in [0.29, 0.717) is 17.7 Å². The minimum absolute atomic E-state index is 0.166. The molecule has 0 aliphatic rings. The van der Waals surface area contributed by atoms with Gasteiger partial charge in [-0.25, -0.2) is 0 Å². The van der Waals surface area contributed by atoms with Crippen molar-refractivity contribution in [1.82, 2.24) is 5.32 Å². The first-order valence-electron chi connectivity index (χ1n) is 6.02. The molecule has 5 heteroatoms. The summed E-state index contributed by atoms with van der Waals surface area (Å²) in [4.78, 5) is 12.1. The van der Waals surface area contributed by atoms with Crippen molar-refractivity contribution in [2.24, 2.45) is 0 Å². The van der Waals surface area contributed by atoms with Crippen LogP contribution in [0.4, 0.5) is 0 Å². The van der Waals surface area contributed by atoms with Crippen molar-refractivity contribution >= 4 is 37.8 Å². The number of benzene rings is 2. The topological polar surface area (TPSA) is 49.3 Å². The fourth-order valence-corrected chi connectivity index (χ4v) is 2.47. The van der Waals surface area contributed by atoms with E-state index in [2.05, 4.69) is 37.2 Å². The Hall–Kier alpha value is -1.17. The summed E-state index contributed by atoms with van der Waals surface area (Å²) in [6.45, 7) is 0.285. The lowest BCUT2D eigenvalue weighted by Crippen LogP contribution is -2.24. The molecule has 0 spiro atoms. The number of aliphatic hydroxyl groups is 1. The number of amides is 1. The maximum atomic E-state index is 12.1. The fraction of sp³-hybridized carbons (Fsp3) is 0.133. The van der Waals surface area contributed by atoms with Crippen molar-refractivity contribution in [1.29, 1.82) is 0 Å². The molecule has 0 aromatic heterocycles. The number of hydrogen-bond donors (Lipinski definition) is 2. The lowest BCUT2D eigenvalue weighted by atomic mass is 10.1. The third kappa shape index (κ3) is 3.91. The number of aliphatic hydroxyl groups excluding tert-OH is 1. The van der Waals surface area contributed by atoms with Crippen LogP contribution in [-0.2, 0) is 13.2 Å². The van der Waals surface area contributed by atoms with Crippen LogP contribution in [0.1, 0.15) is 21.5 Å². The highest BCUT2D eigenvalue weighted by molar-refractivity contribution is 9.10. The van der Waals surface area contributed by atoms with Crippen LogP contribution in [0.2, 0.25) is 0 Å². The predicted octanol–water partition coefficient (Wildman–Crippen LogP) is 3.63. The zero-order chi connectivity index (χ0) is 14.5. The molecule has 1 amide bonds. The lowest BCUT2D eigenvalue weighted by Gasteiger charge is -2.09. The molecule has 0 saturated carbocycles. The Morgan fingerprint density at radius 3 is 2.35 bits per heavy atom. The van der Waals surface area contributed by atoms with Crippen LogP contribution in [-0.4, -0.2) is 11.0 Å². The number of halogens is 2. The van der Waals surface area contributed by atoms with Gasteiger partial charge in [0.25, 0.3) is 5.91 Å². The van der Waals surface area contributed by atoms with E-state index < -0.39 is 0 Å². The Morgan fingerprint density at radius 1 is 1.05 bits per heavy atom. The summed E-state index contributed by atoms with van der Waals surface area (Å²) in [7, 11) is 0. The Bertz CT molecular complexity index is 612. The second kappa shape index (κ2) is 7.02. The smallest absolute Gasteiger partial charge is 0.251 e. The van der Waals surface area contributed by atoms with Crippen LogP contribution in [0, 0.1) is 0 Å². The first kappa shape index (κ1) is 15.2. The largest absolute Gasteiger partial charge is 0.392 e. The van der Waals surface area contributed by atoms with E-state index in [1.165, 1.54) is 0 Å². The first-order valence-corrected chi connectivity index (χ1v) is 7.60. The van der Waals surface area contributed by atoms with Crippen LogP contribution >= 0.6 is 31.9 Å². The van der Waals surface area contributed by atoms with Crippen molar-refractivity contribution in [2.45, 2.75) is 13.2 Å². The van der Waals surface area contributed by atoms with Crippen molar-refractivity contribution in [2.75, 3.05) is 0 Å². The highest BCUT2D eigenvalue weighted by atomic mass is 79.9. The van der Waals surface area contributed by atoms with Gasteiger partial charge in [-0.3, -0.25) is 4.79 Å². The van der Waals surface area contributed by atoms with E-state index in [1.807, 2.05) is 24.3 Å². The van der Waals surface area contributed by atoms with Gasteiger partial charge in [0, 0.05) is 21.1 Å². The van der Waals surface area contributed by atoms with Crippen molar-refractivity contribution < 1.29 is 9.90 Å². The fourth-order valence-electron chi connectivity index (χ4n) is 1.79. The molecule has 0 fully saturated rings. The molecule has 0 aliphatic carbocycles. The highest BCUT2D eigenvalue weighted by Gasteiger charge is 2.10. The molecular formula is C15H13Br2NO2. The van der Waals surface area contributed by atoms with Gasteiger partial charge in [-0.15, -0.1) is 0 Å². The molecule has 0 atom stereocenters. The summed E-state index contributed by atoms with van der Waals surface area (Å²) in [5.74, 6) is -0.190. The Morgan fingerprint density at radius 2 is 1.70 bits per heavy atom. The van der Waals surface area contributed by atoms with Crippen LogP contribution in [0.15, 0.2) is 51.4 Å². The molecular weight excluding hydrogens is 386 g/mol. The summed E-state index contributed by atoms with van der Waals surface area (Å²) < 4.78 is 1.84. The monoisotopic (exact) mass is 397 g/mol. The Kier molecular flexibility index (Phi) is 5.34. The van der Waals surface area contributed by atoms with E-state index in [0.717, 1.165) is 14.5 Å². The molecule has 2 N–H and O–H groups in total. The van der Waals surface area contributed by atoms with Gasteiger partial charge in [-0.05, 0) is 41.5 Å². The van der Waals surface area contributed by atoms with E-state index in [1.54, 1.807) is 18.2 Å². The van der Waals surface area contributed by atoms with Gasteiger partial charge in [-0.1, -0.05) is 44.0 Å². The van der Waals surface area contributed by atoms with Gasteiger partial charge in [0.15, 0.2) is 0 Å². The molecule has 2 aromatic rings. The molecule has 2 aromatic carbocycles. The molecule has 0 radical (unpaired) electrons. The van der Waals surface area contributed by atoms with Gasteiger partial charge in [-0.2, -0.15) is 0 Å². The SMILES string of the molecule is O=C(NCc1ccc(Br)cc1)c1ccc(Br)cc1CO. The lowest BCUT2D eigenvalue weighted by molar-refractivity contribution is 0.0948. The maximum absolute atomic E-state index is 12.1. The molecule has 0 heterocycles. The average Bonchev–Trinajstić information content (AvgIpc) is 2.46. The summed E-state index contributed by atoms with van der Waals surface area (Å²) in [5, 5.41) is 12.1. The zero-order valence-corrected chi connectivity index (χ0v) is 13.7. The Balaban J connectivity index is 2.07. The van der Waals surface area contributed by atoms with E-state index >= 15 is 0 Å². The summed E-state index contributed by atoms with van der Waals surface area (Å²) >= 11 is 6.69. The number of rotatable bonds is 4. The zero-order valence-electron chi connectivity index (χ0n) is 10.6. The molecule has 0 aliphatic heterocycles. The molecule has 0 unspecified atom stereocenters. The highest BCUT2D eigenvalue weighted by Crippen LogP contribution is 2.17. The van der Waals surface area contributed by atoms with Crippen LogP contribution in [0.5, 0.6) is 0 Å². The number of carbonyl (C=O) groups is 1. The predicted molar refractivity (Wildman–Crippen MR) is 85.4 cm³/mol. The average molecular weight is 399 g/mol.